The maximum absolute atomic E-state index is 12.1. The Kier molecular flexibility index (Phi) is 3.29. The van der Waals surface area contributed by atoms with E-state index >= 15 is 0 Å². The minimum atomic E-state index is -0.121. The lowest BCUT2D eigenvalue weighted by molar-refractivity contribution is 0.0820. The molecule has 17 heavy (non-hydrogen) atoms. The van der Waals surface area contributed by atoms with Crippen LogP contribution in [0.3, 0.4) is 0 Å². The van der Waals surface area contributed by atoms with E-state index in [1.54, 1.807) is 18.2 Å². The molecular formula is C13H17ClN2O. The van der Waals surface area contributed by atoms with Crippen molar-refractivity contribution in [1.82, 2.24) is 5.32 Å². The van der Waals surface area contributed by atoms with E-state index in [9.17, 15) is 4.79 Å². The van der Waals surface area contributed by atoms with Crippen molar-refractivity contribution in [3.8, 4) is 0 Å². The van der Waals surface area contributed by atoms with Crippen molar-refractivity contribution >= 4 is 23.2 Å². The lowest BCUT2D eigenvalue weighted by Crippen LogP contribution is -2.53. The van der Waals surface area contributed by atoms with Crippen LogP contribution >= 0.6 is 11.6 Å². The van der Waals surface area contributed by atoms with E-state index < -0.39 is 0 Å². The van der Waals surface area contributed by atoms with Crippen molar-refractivity contribution in [2.75, 3.05) is 5.73 Å². The lowest BCUT2D eigenvalue weighted by atomic mass is 9.74. The van der Waals surface area contributed by atoms with Gasteiger partial charge in [0.15, 0.2) is 0 Å². The molecule has 2 rings (SSSR count). The second kappa shape index (κ2) is 4.57. The molecule has 0 bridgehead atoms. The van der Waals surface area contributed by atoms with E-state index in [0.717, 1.165) is 19.3 Å². The normalized spacial score (nSPS) is 17.3. The highest BCUT2D eigenvalue weighted by atomic mass is 35.5. The zero-order chi connectivity index (χ0) is 12.5. The van der Waals surface area contributed by atoms with Gasteiger partial charge in [-0.25, -0.2) is 0 Å². The first-order valence-electron chi connectivity index (χ1n) is 5.94. The topological polar surface area (TPSA) is 55.1 Å². The molecule has 0 aromatic heterocycles. The summed E-state index contributed by atoms with van der Waals surface area (Å²) >= 11 is 6.01. The third kappa shape index (κ3) is 2.39. The molecular weight excluding hydrogens is 236 g/mol. The van der Waals surface area contributed by atoms with E-state index in [4.69, 9.17) is 17.3 Å². The number of anilines is 1. The van der Waals surface area contributed by atoms with Crippen molar-refractivity contribution < 1.29 is 4.79 Å². The van der Waals surface area contributed by atoms with Crippen molar-refractivity contribution in [3.05, 3.63) is 28.8 Å². The Bertz CT molecular complexity index is 436. The molecule has 0 atom stereocenters. The molecule has 1 aliphatic rings. The summed E-state index contributed by atoms with van der Waals surface area (Å²) in [6.45, 7) is 2.10. The van der Waals surface area contributed by atoms with E-state index in [0.29, 0.717) is 16.3 Å². The van der Waals surface area contributed by atoms with E-state index in [1.807, 2.05) is 0 Å². The maximum atomic E-state index is 12.1. The number of hydrogen-bond donors (Lipinski definition) is 2. The van der Waals surface area contributed by atoms with Crippen LogP contribution in [0.1, 0.15) is 43.0 Å². The van der Waals surface area contributed by atoms with Crippen molar-refractivity contribution in [2.24, 2.45) is 0 Å². The van der Waals surface area contributed by atoms with Crippen LogP contribution in [-0.2, 0) is 0 Å². The summed E-state index contributed by atoms with van der Waals surface area (Å²) in [6, 6.07) is 4.98. The summed E-state index contributed by atoms with van der Waals surface area (Å²) in [5.41, 5.74) is 6.67. The number of nitrogen functional groups attached to an aromatic ring is 1. The van der Waals surface area contributed by atoms with Crippen LogP contribution in [-0.4, -0.2) is 11.4 Å². The molecule has 0 saturated heterocycles. The van der Waals surface area contributed by atoms with Gasteiger partial charge < -0.3 is 11.1 Å². The molecule has 1 aliphatic carbocycles. The summed E-state index contributed by atoms with van der Waals surface area (Å²) in [5.74, 6) is -0.121. The minimum Gasteiger partial charge on any atom is -0.399 e. The van der Waals surface area contributed by atoms with Gasteiger partial charge in [0.2, 0.25) is 0 Å². The Morgan fingerprint density at radius 2 is 2.24 bits per heavy atom. The predicted molar refractivity (Wildman–Crippen MR) is 70.2 cm³/mol. The van der Waals surface area contributed by atoms with Gasteiger partial charge in [-0.3, -0.25) is 4.79 Å². The molecule has 1 amide bonds. The average Bonchev–Trinajstić information content (AvgIpc) is 2.26. The fourth-order valence-corrected chi connectivity index (χ4v) is 2.40. The van der Waals surface area contributed by atoms with Crippen LogP contribution in [0.25, 0.3) is 0 Å². The molecule has 92 valence electrons. The van der Waals surface area contributed by atoms with Crippen LogP contribution in [0, 0.1) is 0 Å². The molecule has 0 radical (unpaired) electrons. The number of carbonyl (C=O) groups is 1. The van der Waals surface area contributed by atoms with Crippen molar-refractivity contribution in [2.45, 2.75) is 38.1 Å². The van der Waals surface area contributed by atoms with Gasteiger partial charge in [-0.2, -0.15) is 0 Å². The monoisotopic (exact) mass is 252 g/mol. The molecule has 4 heteroatoms. The molecule has 0 unspecified atom stereocenters. The van der Waals surface area contributed by atoms with Crippen LogP contribution in [0.2, 0.25) is 5.02 Å². The smallest absolute Gasteiger partial charge is 0.253 e. The maximum Gasteiger partial charge on any atom is 0.253 e. The standard InChI is InChI=1S/C13H17ClN2O/c1-2-13(6-3-7-13)16-12(17)10-8-9(15)4-5-11(10)14/h4-5,8H,2-3,6-7,15H2,1H3,(H,16,17). The van der Waals surface area contributed by atoms with Crippen molar-refractivity contribution in [1.29, 1.82) is 0 Å². The van der Waals surface area contributed by atoms with Crippen molar-refractivity contribution in [3.63, 3.8) is 0 Å². The number of rotatable bonds is 3. The molecule has 0 spiro atoms. The summed E-state index contributed by atoms with van der Waals surface area (Å²) in [5, 5.41) is 3.53. The van der Waals surface area contributed by atoms with Gasteiger partial charge in [0.1, 0.15) is 0 Å². The van der Waals surface area contributed by atoms with Gasteiger partial charge in [0.05, 0.1) is 10.6 Å². The van der Waals surface area contributed by atoms with E-state index in [1.165, 1.54) is 6.42 Å². The van der Waals surface area contributed by atoms with Gasteiger partial charge >= 0.3 is 0 Å². The Morgan fingerprint density at radius 3 is 2.76 bits per heavy atom. The zero-order valence-electron chi connectivity index (χ0n) is 9.92. The quantitative estimate of drug-likeness (QED) is 0.813. The fraction of sp³-hybridized carbons (Fsp3) is 0.462. The first-order chi connectivity index (χ1) is 8.06. The predicted octanol–water partition coefficient (Wildman–Crippen LogP) is 2.98. The highest BCUT2D eigenvalue weighted by Gasteiger charge is 2.36. The Balaban J connectivity index is 2.17. The number of amides is 1. The third-order valence-electron chi connectivity index (χ3n) is 3.60. The average molecular weight is 253 g/mol. The molecule has 0 aliphatic heterocycles. The molecule has 1 aromatic rings. The first kappa shape index (κ1) is 12.2. The zero-order valence-corrected chi connectivity index (χ0v) is 10.7. The summed E-state index contributed by atoms with van der Waals surface area (Å²) < 4.78 is 0. The minimum absolute atomic E-state index is 0.0228. The highest BCUT2D eigenvalue weighted by Crippen LogP contribution is 2.35. The number of halogens is 1. The van der Waals surface area contributed by atoms with E-state index in [-0.39, 0.29) is 11.4 Å². The van der Waals surface area contributed by atoms with Gasteiger partial charge in [0, 0.05) is 11.2 Å². The number of benzene rings is 1. The lowest BCUT2D eigenvalue weighted by Gasteiger charge is -2.42. The fourth-order valence-electron chi connectivity index (χ4n) is 2.20. The molecule has 1 aromatic carbocycles. The SMILES string of the molecule is CCC1(NC(=O)c2cc(N)ccc2Cl)CCC1. The molecule has 0 heterocycles. The van der Waals surface area contributed by atoms with Gasteiger partial charge in [0.25, 0.3) is 5.91 Å². The number of hydrogen-bond acceptors (Lipinski definition) is 2. The van der Waals surface area contributed by atoms with Crippen LogP contribution < -0.4 is 11.1 Å². The van der Waals surface area contributed by atoms with E-state index in [2.05, 4.69) is 12.2 Å². The van der Waals surface area contributed by atoms with Gasteiger partial charge in [-0.1, -0.05) is 18.5 Å². The van der Waals surface area contributed by atoms with Crippen LogP contribution in [0.4, 0.5) is 5.69 Å². The Hall–Kier alpha value is -1.22. The first-order valence-corrected chi connectivity index (χ1v) is 6.32. The summed E-state index contributed by atoms with van der Waals surface area (Å²) in [7, 11) is 0. The largest absolute Gasteiger partial charge is 0.399 e. The number of nitrogens with one attached hydrogen (secondary N) is 1. The second-order valence-electron chi connectivity index (χ2n) is 4.68. The number of carbonyl (C=O) groups excluding carboxylic acids is 1. The Morgan fingerprint density at radius 1 is 1.53 bits per heavy atom. The van der Waals surface area contributed by atoms with Crippen LogP contribution in [0.15, 0.2) is 18.2 Å². The Labute approximate surface area is 106 Å². The second-order valence-corrected chi connectivity index (χ2v) is 5.09. The summed E-state index contributed by atoms with van der Waals surface area (Å²) in [6.07, 6.45) is 4.24. The van der Waals surface area contributed by atoms with Gasteiger partial charge in [-0.05, 0) is 43.9 Å². The van der Waals surface area contributed by atoms with Crippen LogP contribution in [0.5, 0.6) is 0 Å². The summed E-state index contributed by atoms with van der Waals surface area (Å²) in [4.78, 5) is 12.1. The third-order valence-corrected chi connectivity index (χ3v) is 3.93. The highest BCUT2D eigenvalue weighted by molar-refractivity contribution is 6.34. The molecule has 3 nitrogen and oxygen atoms in total. The number of nitrogens with two attached hydrogens (primary N) is 1. The molecule has 1 saturated carbocycles. The van der Waals surface area contributed by atoms with Gasteiger partial charge in [-0.15, -0.1) is 0 Å². The molecule has 3 N–H and O–H groups in total. The molecule has 1 fully saturated rings.